The van der Waals surface area contributed by atoms with E-state index in [1.54, 1.807) is 0 Å². The zero-order valence-electron chi connectivity index (χ0n) is 33.9. The second-order valence-corrected chi connectivity index (χ2v) is 20.4. The highest BCUT2D eigenvalue weighted by Gasteiger charge is 2.70. The third kappa shape index (κ3) is 6.19. The molecule has 17 atom stereocenters. The number of hydrogen-bond donors (Lipinski definition) is 6. The van der Waals surface area contributed by atoms with Gasteiger partial charge in [-0.25, -0.2) is 4.79 Å². The summed E-state index contributed by atoms with van der Waals surface area (Å²) in [5.41, 5.74) is -0.0814. The van der Waals surface area contributed by atoms with Crippen LogP contribution in [0.4, 0.5) is 0 Å². The third-order valence-corrected chi connectivity index (χ3v) is 17.0. The molecule has 0 bridgehead atoms. The van der Waals surface area contributed by atoms with E-state index in [2.05, 4.69) is 54.5 Å². The van der Waals surface area contributed by atoms with Crippen LogP contribution in [0.15, 0.2) is 11.6 Å². The summed E-state index contributed by atoms with van der Waals surface area (Å²) in [6, 6.07) is 0. The van der Waals surface area contributed by atoms with Gasteiger partial charge in [-0.3, -0.25) is 4.79 Å². The van der Waals surface area contributed by atoms with Gasteiger partial charge in [-0.1, -0.05) is 60.1 Å². The van der Waals surface area contributed by atoms with Crippen LogP contribution in [0.3, 0.4) is 0 Å². The fourth-order valence-corrected chi connectivity index (χ4v) is 13.4. The van der Waals surface area contributed by atoms with E-state index in [9.17, 15) is 40.2 Å². The average molecular weight is 779 g/mol. The zero-order chi connectivity index (χ0) is 40.3. The minimum Gasteiger partial charge on any atom is -0.467 e. The number of carbonyl (C=O) groups is 2. The van der Waals surface area contributed by atoms with Gasteiger partial charge in [0.25, 0.3) is 0 Å². The van der Waals surface area contributed by atoms with Crippen molar-refractivity contribution in [3.05, 3.63) is 11.6 Å². The second kappa shape index (κ2) is 14.0. The van der Waals surface area contributed by atoms with Crippen LogP contribution < -0.4 is 0 Å². The smallest absolute Gasteiger partial charge is 0.337 e. The first-order valence-corrected chi connectivity index (χ1v) is 20.6. The predicted molar refractivity (Wildman–Crippen MR) is 196 cm³/mol. The van der Waals surface area contributed by atoms with Crippen LogP contribution in [0.1, 0.15) is 113 Å². The van der Waals surface area contributed by atoms with E-state index in [0.717, 1.165) is 44.9 Å². The molecule has 7 rings (SSSR count). The maximum atomic E-state index is 14.4. The van der Waals surface area contributed by atoms with Gasteiger partial charge in [0.15, 0.2) is 12.4 Å². The molecule has 13 heteroatoms. The molecule has 2 heterocycles. The van der Waals surface area contributed by atoms with Gasteiger partial charge >= 0.3 is 11.9 Å². The van der Waals surface area contributed by atoms with E-state index in [0.29, 0.717) is 25.2 Å². The molecule has 0 aromatic carbocycles. The highest BCUT2D eigenvalue weighted by Crippen LogP contribution is 2.76. The highest BCUT2D eigenvalue weighted by atomic mass is 16.7. The fourth-order valence-electron chi connectivity index (χ4n) is 13.4. The zero-order valence-corrected chi connectivity index (χ0v) is 33.9. The normalized spacial score (nSPS) is 51.6. The number of carbonyl (C=O) groups excluding carboxylic acids is 2. The molecule has 4 saturated carbocycles. The monoisotopic (exact) mass is 778 g/mol. The quantitative estimate of drug-likeness (QED) is 0.135. The molecule has 0 radical (unpaired) electrons. The summed E-state index contributed by atoms with van der Waals surface area (Å²) in [7, 11) is 1.17. The fraction of sp³-hybridized carbons (Fsp3) is 0.905. The van der Waals surface area contributed by atoms with Crippen LogP contribution in [0, 0.1) is 50.2 Å². The molecule has 5 aliphatic carbocycles. The first-order chi connectivity index (χ1) is 25.6. The Kier molecular flexibility index (Phi) is 10.5. The summed E-state index contributed by atoms with van der Waals surface area (Å²) in [6.07, 6.45) is -2.93. The summed E-state index contributed by atoms with van der Waals surface area (Å²) in [6.45, 7) is 16.1. The first kappa shape index (κ1) is 41.5. The summed E-state index contributed by atoms with van der Waals surface area (Å²) in [5, 5.41) is 62.9. The van der Waals surface area contributed by atoms with Gasteiger partial charge in [0, 0.05) is 0 Å². The maximum absolute atomic E-state index is 14.4. The molecule has 0 aromatic heterocycles. The lowest BCUT2D eigenvalue weighted by Crippen LogP contribution is -2.66. The van der Waals surface area contributed by atoms with Gasteiger partial charge in [-0.2, -0.15) is 0 Å². The topological polar surface area (TPSA) is 202 Å². The Morgan fingerprint density at radius 3 is 2.13 bits per heavy atom. The van der Waals surface area contributed by atoms with Crippen molar-refractivity contribution in [1.82, 2.24) is 0 Å². The molecule has 7 aliphatic rings. The van der Waals surface area contributed by atoms with Gasteiger partial charge in [0.05, 0.1) is 25.2 Å². The van der Waals surface area contributed by atoms with Crippen LogP contribution in [-0.4, -0.2) is 118 Å². The Bertz CT molecular complexity index is 1530. The van der Waals surface area contributed by atoms with Crippen molar-refractivity contribution < 1.29 is 63.9 Å². The van der Waals surface area contributed by atoms with Crippen molar-refractivity contribution in [1.29, 1.82) is 0 Å². The van der Waals surface area contributed by atoms with Crippen LogP contribution in [0.5, 0.6) is 0 Å². The number of rotatable bonds is 5. The molecule has 312 valence electrons. The summed E-state index contributed by atoms with van der Waals surface area (Å²) >= 11 is 0. The van der Waals surface area contributed by atoms with Crippen LogP contribution in [0.25, 0.3) is 0 Å². The van der Waals surface area contributed by atoms with E-state index in [1.165, 1.54) is 12.7 Å². The molecular weight excluding hydrogens is 712 g/mol. The molecule has 2 aliphatic heterocycles. The van der Waals surface area contributed by atoms with Gasteiger partial charge in [0.2, 0.25) is 6.29 Å². The minimum atomic E-state index is -1.65. The first-order valence-electron chi connectivity index (χ1n) is 20.6. The van der Waals surface area contributed by atoms with E-state index >= 15 is 0 Å². The highest BCUT2D eigenvalue weighted by molar-refractivity contribution is 5.79. The SMILES string of the molecule is COC(=O)[C@H]1O[C@@H](O[C@H]2CC[C@]3(C)[C@H]4CC=C5[C@@H]6CC(C)(C)CC[C@]6(C(=O)O[C@@H]6OC[C@H](O)[C@H](O)[C@H]6O)CC[C@@]5(C)[C@]4(C)CC[C@H]3C2(C)C)[C@H](O)[C@@H](O)[C@@H]1O. The number of hydrogen-bond acceptors (Lipinski definition) is 13. The van der Waals surface area contributed by atoms with Gasteiger partial charge in [0.1, 0.15) is 36.6 Å². The van der Waals surface area contributed by atoms with E-state index < -0.39 is 72.7 Å². The van der Waals surface area contributed by atoms with Gasteiger partial charge in [-0.05, 0) is 109 Å². The number of allylic oxidation sites excluding steroid dienone is 2. The number of ether oxygens (including phenoxy) is 5. The summed E-state index contributed by atoms with van der Waals surface area (Å²) in [5.74, 6) is -0.686. The molecule has 0 amide bonds. The average Bonchev–Trinajstić information content (AvgIpc) is 3.12. The molecule has 6 N–H and O–H groups in total. The number of aliphatic hydroxyl groups excluding tert-OH is 6. The van der Waals surface area contributed by atoms with Crippen molar-refractivity contribution in [2.75, 3.05) is 13.7 Å². The van der Waals surface area contributed by atoms with Crippen molar-refractivity contribution in [2.45, 2.75) is 174 Å². The maximum Gasteiger partial charge on any atom is 0.337 e. The van der Waals surface area contributed by atoms with Crippen molar-refractivity contribution in [2.24, 2.45) is 50.2 Å². The molecule has 6 fully saturated rings. The Hall–Kier alpha value is -1.68. The standard InChI is InChI=1S/C42H66O13/c1-37(2)15-17-42(36(50)55-34-30(47)27(44)23(43)20-52-34)18-16-40(6)21(22(42)19-37)9-10-25-39(5)13-12-26(38(3,4)24(39)11-14-41(25,40)7)53-35-31(48)28(45)29(46)32(54-35)33(49)51-8/h9,22-32,34-35,43-48H,10-20H2,1-8H3/t22-,23-,24-,25+,26-,27-,28-,29-,30+,31+,32-,34-,35+,39-,40+,41+,42-/m0/s1. The van der Waals surface area contributed by atoms with E-state index in [-0.39, 0.29) is 51.6 Å². The van der Waals surface area contributed by atoms with Crippen molar-refractivity contribution in [3.63, 3.8) is 0 Å². The Morgan fingerprint density at radius 1 is 0.764 bits per heavy atom. The Morgan fingerprint density at radius 2 is 1.44 bits per heavy atom. The lowest BCUT2D eigenvalue weighted by Gasteiger charge is -2.71. The molecule has 13 nitrogen and oxygen atoms in total. The number of aliphatic hydroxyl groups is 6. The Labute approximate surface area is 325 Å². The lowest BCUT2D eigenvalue weighted by atomic mass is 9.33. The molecule has 2 saturated heterocycles. The minimum absolute atomic E-state index is 0.0130. The number of esters is 2. The van der Waals surface area contributed by atoms with E-state index in [1.807, 2.05) is 0 Å². The summed E-state index contributed by atoms with van der Waals surface area (Å²) < 4.78 is 28.5. The third-order valence-electron chi connectivity index (χ3n) is 17.0. The predicted octanol–water partition coefficient (Wildman–Crippen LogP) is 3.14. The second-order valence-electron chi connectivity index (χ2n) is 20.4. The van der Waals surface area contributed by atoms with Crippen LogP contribution in [0.2, 0.25) is 0 Å². The van der Waals surface area contributed by atoms with Crippen molar-refractivity contribution >= 4 is 11.9 Å². The molecule has 0 unspecified atom stereocenters. The van der Waals surface area contributed by atoms with Crippen molar-refractivity contribution in [3.8, 4) is 0 Å². The van der Waals surface area contributed by atoms with Crippen LogP contribution >= 0.6 is 0 Å². The molecule has 0 spiro atoms. The van der Waals surface area contributed by atoms with E-state index in [4.69, 9.17) is 23.7 Å². The lowest BCUT2D eigenvalue weighted by molar-refractivity contribution is -0.324. The summed E-state index contributed by atoms with van der Waals surface area (Å²) in [4.78, 5) is 26.8. The number of methoxy groups -OCH3 is 1. The van der Waals surface area contributed by atoms with Crippen LogP contribution in [-0.2, 0) is 33.3 Å². The van der Waals surface area contributed by atoms with Gasteiger partial charge < -0.3 is 54.3 Å². The van der Waals surface area contributed by atoms with Gasteiger partial charge in [-0.15, -0.1) is 0 Å². The Balaban J connectivity index is 1.15. The molecule has 0 aromatic rings. The molecule has 55 heavy (non-hydrogen) atoms. The largest absolute Gasteiger partial charge is 0.467 e. The molecular formula is C42H66O13. The number of fused-ring (bicyclic) bond motifs is 7.